The fourth-order valence-corrected chi connectivity index (χ4v) is 4.60. The number of anilines is 1. The van der Waals surface area contributed by atoms with E-state index in [1.165, 1.54) is 18.3 Å². The maximum Gasteiger partial charge on any atom is 0.273 e. The zero-order chi connectivity index (χ0) is 18.9. The molecule has 0 radical (unpaired) electrons. The molecular weight excluding hydrogens is 356 g/mol. The summed E-state index contributed by atoms with van der Waals surface area (Å²) in [7, 11) is 1.77. The second kappa shape index (κ2) is 7.13. The fraction of sp³-hybridized carbons (Fsp3) is 0.706. The third kappa shape index (κ3) is 3.43. The molecular formula is C17H26N4O4S. The summed E-state index contributed by atoms with van der Waals surface area (Å²) in [5.74, 6) is -0.271. The number of ether oxygens (including phenoxy) is 1. The van der Waals surface area contributed by atoms with Crippen LogP contribution in [0.15, 0.2) is 5.38 Å². The number of piperidine rings is 1. The van der Waals surface area contributed by atoms with Gasteiger partial charge in [0.1, 0.15) is 11.8 Å². The molecule has 2 aliphatic heterocycles. The molecule has 26 heavy (non-hydrogen) atoms. The maximum absolute atomic E-state index is 12.6. The van der Waals surface area contributed by atoms with Crippen molar-refractivity contribution in [2.24, 2.45) is 0 Å². The van der Waals surface area contributed by atoms with Crippen molar-refractivity contribution in [3.63, 3.8) is 0 Å². The number of carbonyl (C=O) groups is 2. The monoisotopic (exact) mass is 382 g/mol. The Balaban J connectivity index is 1.68. The summed E-state index contributed by atoms with van der Waals surface area (Å²) < 4.78 is 5.99. The van der Waals surface area contributed by atoms with Crippen LogP contribution in [0, 0.1) is 0 Å². The highest BCUT2D eigenvalue weighted by Gasteiger charge is 2.54. The lowest BCUT2D eigenvalue weighted by Gasteiger charge is -2.53. The van der Waals surface area contributed by atoms with Crippen LogP contribution in [0.3, 0.4) is 0 Å². The smallest absolute Gasteiger partial charge is 0.273 e. The number of carbonyl (C=O) groups excluding carboxylic acids is 2. The molecule has 2 atom stereocenters. The molecule has 3 N–H and O–H groups in total. The Morgan fingerprint density at radius 3 is 2.65 bits per heavy atom. The van der Waals surface area contributed by atoms with E-state index in [1.807, 2.05) is 6.92 Å². The summed E-state index contributed by atoms with van der Waals surface area (Å²) in [4.78, 5) is 30.2. The summed E-state index contributed by atoms with van der Waals surface area (Å²) >= 11 is 1.39. The molecule has 144 valence electrons. The third-order valence-corrected chi connectivity index (χ3v) is 6.27. The number of likely N-dealkylation sites (tertiary alicyclic amines) is 1. The lowest BCUT2D eigenvalue weighted by Crippen LogP contribution is -2.69. The van der Waals surface area contributed by atoms with Crippen molar-refractivity contribution in [3.8, 4) is 0 Å². The lowest BCUT2D eigenvalue weighted by atomic mass is 9.73. The number of aliphatic hydroxyl groups excluding tert-OH is 1. The summed E-state index contributed by atoms with van der Waals surface area (Å²) in [5.41, 5.74) is -1.01. The van der Waals surface area contributed by atoms with E-state index in [9.17, 15) is 14.7 Å². The number of thiazole rings is 1. The largest absolute Gasteiger partial charge is 0.388 e. The van der Waals surface area contributed by atoms with Gasteiger partial charge in [-0.15, -0.1) is 11.3 Å². The van der Waals surface area contributed by atoms with Gasteiger partial charge in [-0.3, -0.25) is 9.59 Å². The molecule has 2 amide bonds. The number of amides is 2. The Morgan fingerprint density at radius 1 is 1.38 bits per heavy atom. The SMILES string of the molecule is CNc1nc(C(=O)N2CCC3(CC2)OCC[C@](C)(NC(C)=O)[C@H]3O)cs1. The van der Waals surface area contributed by atoms with Crippen LogP contribution in [0.2, 0.25) is 0 Å². The molecule has 0 unspecified atom stereocenters. The maximum atomic E-state index is 12.6. The molecule has 2 fully saturated rings. The first-order valence-electron chi connectivity index (χ1n) is 8.83. The highest BCUT2D eigenvalue weighted by Crippen LogP contribution is 2.40. The van der Waals surface area contributed by atoms with Crippen molar-refractivity contribution >= 4 is 28.3 Å². The zero-order valence-corrected chi connectivity index (χ0v) is 16.2. The molecule has 1 aromatic rings. The van der Waals surface area contributed by atoms with Gasteiger partial charge in [0.05, 0.1) is 11.1 Å². The summed E-state index contributed by atoms with van der Waals surface area (Å²) in [6, 6.07) is 0. The molecule has 9 heteroatoms. The minimum absolute atomic E-state index is 0.104. The van der Waals surface area contributed by atoms with E-state index in [0.717, 1.165) is 0 Å². The van der Waals surface area contributed by atoms with Gasteiger partial charge in [-0.25, -0.2) is 4.98 Å². The summed E-state index contributed by atoms with van der Waals surface area (Å²) in [5, 5.41) is 19.2. The number of aliphatic hydroxyl groups is 1. The first kappa shape index (κ1) is 19.1. The first-order chi connectivity index (χ1) is 12.3. The number of hydrogen-bond acceptors (Lipinski definition) is 7. The third-order valence-electron chi connectivity index (χ3n) is 5.41. The molecule has 0 aliphatic carbocycles. The van der Waals surface area contributed by atoms with Gasteiger partial charge >= 0.3 is 0 Å². The second-order valence-corrected chi connectivity index (χ2v) is 8.10. The molecule has 2 aliphatic rings. The second-order valence-electron chi connectivity index (χ2n) is 7.24. The summed E-state index contributed by atoms with van der Waals surface area (Å²) in [6.45, 7) is 4.75. The van der Waals surface area contributed by atoms with Crippen LogP contribution in [-0.4, -0.2) is 70.8 Å². The molecule has 0 bridgehead atoms. The van der Waals surface area contributed by atoms with Crippen molar-refractivity contribution in [3.05, 3.63) is 11.1 Å². The van der Waals surface area contributed by atoms with Crippen LogP contribution in [0.25, 0.3) is 0 Å². The van der Waals surface area contributed by atoms with Gasteiger partial charge in [-0.05, 0) is 26.2 Å². The standard InChI is InChI=1S/C17H26N4O4S/c1-11(22)20-16(2)6-9-25-17(14(16)24)4-7-21(8-5-17)13(23)12-10-26-15(18-3)19-12/h10,14,24H,4-9H2,1-3H3,(H,18,19)(H,20,22)/t14-,16+/m1/s1. The van der Waals surface area contributed by atoms with Gasteiger partial charge < -0.3 is 25.4 Å². The highest BCUT2D eigenvalue weighted by molar-refractivity contribution is 7.13. The number of nitrogens with zero attached hydrogens (tertiary/aromatic N) is 2. The molecule has 8 nitrogen and oxygen atoms in total. The minimum atomic E-state index is -0.819. The first-order valence-corrected chi connectivity index (χ1v) is 9.71. The van der Waals surface area contributed by atoms with E-state index in [-0.39, 0.29) is 11.8 Å². The lowest BCUT2D eigenvalue weighted by molar-refractivity contribution is -0.205. The molecule has 3 heterocycles. The van der Waals surface area contributed by atoms with Crippen LogP contribution in [-0.2, 0) is 9.53 Å². The Hall–Kier alpha value is -1.71. The van der Waals surface area contributed by atoms with Crippen molar-refractivity contribution in [1.82, 2.24) is 15.2 Å². The van der Waals surface area contributed by atoms with E-state index >= 15 is 0 Å². The van der Waals surface area contributed by atoms with E-state index in [2.05, 4.69) is 15.6 Å². The Bertz CT molecular complexity index is 686. The molecule has 2 saturated heterocycles. The Labute approximate surface area is 156 Å². The number of rotatable bonds is 3. The van der Waals surface area contributed by atoms with Crippen LogP contribution < -0.4 is 10.6 Å². The Morgan fingerprint density at radius 2 is 2.08 bits per heavy atom. The molecule has 1 spiro atoms. The predicted octanol–water partition coefficient (Wildman–Crippen LogP) is 0.836. The van der Waals surface area contributed by atoms with Crippen LogP contribution in [0.1, 0.15) is 43.6 Å². The van der Waals surface area contributed by atoms with Crippen LogP contribution >= 0.6 is 11.3 Å². The number of aromatic nitrogens is 1. The number of hydrogen-bond donors (Lipinski definition) is 3. The van der Waals surface area contributed by atoms with E-state index in [0.29, 0.717) is 49.8 Å². The van der Waals surface area contributed by atoms with Gasteiger partial charge in [0.15, 0.2) is 5.13 Å². The van der Waals surface area contributed by atoms with E-state index in [1.54, 1.807) is 17.3 Å². The van der Waals surface area contributed by atoms with Crippen molar-refractivity contribution < 1.29 is 19.4 Å². The fourth-order valence-electron chi connectivity index (χ4n) is 3.95. The van der Waals surface area contributed by atoms with Crippen molar-refractivity contribution in [2.75, 3.05) is 32.1 Å². The van der Waals surface area contributed by atoms with Gasteiger partial charge in [0.2, 0.25) is 5.91 Å². The predicted molar refractivity (Wildman–Crippen MR) is 98.3 cm³/mol. The zero-order valence-electron chi connectivity index (χ0n) is 15.4. The summed E-state index contributed by atoms with van der Waals surface area (Å²) in [6.07, 6.45) is 0.792. The number of nitrogens with one attached hydrogen (secondary N) is 2. The quantitative estimate of drug-likeness (QED) is 0.716. The van der Waals surface area contributed by atoms with Gasteiger partial charge in [0, 0.05) is 39.0 Å². The minimum Gasteiger partial charge on any atom is -0.388 e. The molecule has 0 aromatic carbocycles. The normalized spacial score (nSPS) is 28.0. The van der Waals surface area contributed by atoms with Crippen molar-refractivity contribution in [2.45, 2.75) is 50.4 Å². The van der Waals surface area contributed by atoms with Crippen LogP contribution in [0.5, 0.6) is 0 Å². The van der Waals surface area contributed by atoms with Crippen molar-refractivity contribution in [1.29, 1.82) is 0 Å². The topological polar surface area (TPSA) is 104 Å². The highest BCUT2D eigenvalue weighted by atomic mass is 32.1. The average molecular weight is 382 g/mol. The van der Waals surface area contributed by atoms with Gasteiger partial charge in [-0.1, -0.05) is 0 Å². The molecule has 1 aromatic heterocycles. The van der Waals surface area contributed by atoms with E-state index < -0.39 is 17.2 Å². The average Bonchev–Trinajstić information content (AvgIpc) is 3.08. The molecule has 3 rings (SSSR count). The van der Waals surface area contributed by atoms with Gasteiger partial charge in [-0.2, -0.15) is 0 Å². The van der Waals surface area contributed by atoms with E-state index in [4.69, 9.17) is 4.74 Å². The molecule has 0 saturated carbocycles. The Kier molecular flexibility index (Phi) is 5.23. The van der Waals surface area contributed by atoms with Crippen LogP contribution in [0.4, 0.5) is 5.13 Å². The van der Waals surface area contributed by atoms with Gasteiger partial charge in [0.25, 0.3) is 5.91 Å².